The zero-order valence-electron chi connectivity index (χ0n) is 22.2. The molecule has 210 valence electrons. The van der Waals surface area contributed by atoms with Gasteiger partial charge in [0.15, 0.2) is 9.84 Å². The zero-order valence-corrected chi connectivity index (χ0v) is 24.6. The van der Waals surface area contributed by atoms with Gasteiger partial charge in [-0.05, 0) is 84.6 Å². The Bertz CT molecular complexity index is 1410. The Morgan fingerprint density at radius 2 is 1.50 bits per heavy atom. The molecule has 0 radical (unpaired) electrons. The van der Waals surface area contributed by atoms with Crippen molar-refractivity contribution in [3.8, 4) is 0 Å². The standard InChI is InChI=1S/C31H33Cl2N3O3S/c32-28-10-6-25(7-11-28)30(26-8-12-29(33)13-9-26)36-19-24(20-36)22-40(38,39)21-23-4-3-5-27(18-23)31(37)34-14-17-35-15-1-2-16-35/h3-13,18,22,30H,1-2,14-17,19-21H2,(H,34,37). The lowest BCUT2D eigenvalue weighted by molar-refractivity contribution is 0.0949. The van der Waals surface area contributed by atoms with Crippen LogP contribution in [-0.4, -0.2) is 63.4 Å². The molecule has 2 fully saturated rings. The number of hydrogen-bond acceptors (Lipinski definition) is 5. The number of carbonyl (C=O) groups excluding carboxylic acids is 1. The number of sulfone groups is 1. The summed E-state index contributed by atoms with van der Waals surface area (Å²) in [6.45, 7) is 4.65. The van der Waals surface area contributed by atoms with Crippen molar-refractivity contribution >= 4 is 38.9 Å². The second-order valence-corrected chi connectivity index (χ2v) is 13.2. The number of likely N-dealkylation sites (tertiary alicyclic amines) is 2. The Balaban J connectivity index is 1.22. The molecule has 2 aliphatic rings. The number of benzene rings is 3. The van der Waals surface area contributed by atoms with E-state index in [0.717, 1.165) is 36.3 Å². The topological polar surface area (TPSA) is 69.7 Å². The highest BCUT2D eigenvalue weighted by Crippen LogP contribution is 2.35. The fourth-order valence-corrected chi connectivity index (χ4v) is 7.04. The van der Waals surface area contributed by atoms with Crippen molar-refractivity contribution in [3.05, 3.63) is 116 Å². The van der Waals surface area contributed by atoms with Crippen molar-refractivity contribution in [1.29, 1.82) is 0 Å². The SMILES string of the molecule is O=C(NCCN1CCCC1)c1cccc(CS(=O)(=O)C=C2CN(C(c3ccc(Cl)cc3)c3ccc(Cl)cc3)C2)c1. The third-order valence-corrected chi connectivity index (χ3v) is 9.30. The Morgan fingerprint density at radius 3 is 2.10 bits per heavy atom. The van der Waals surface area contributed by atoms with Crippen LogP contribution in [0.4, 0.5) is 0 Å². The molecule has 0 spiro atoms. The third kappa shape index (κ3) is 7.53. The highest BCUT2D eigenvalue weighted by atomic mass is 35.5. The second-order valence-electron chi connectivity index (χ2n) is 10.5. The van der Waals surface area contributed by atoms with E-state index >= 15 is 0 Å². The van der Waals surface area contributed by atoms with Crippen molar-refractivity contribution in [2.24, 2.45) is 0 Å². The van der Waals surface area contributed by atoms with Gasteiger partial charge in [0.05, 0.1) is 11.8 Å². The van der Waals surface area contributed by atoms with E-state index in [-0.39, 0.29) is 17.7 Å². The molecule has 0 saturated carbocycles. The molecule has 1 N–H and O–H groups in total. The van der Waals surface area contributed by atoms with E-state index in [1.54, 1.807) is 24.3 Å². The fourth-order valence-electron chi connectivity index (χ4n) is 5.40. The molecule has 3 aromatic carbocycles. The summed E-state index contributed by atoms with van der Waals surface area (Å²) in [4.78, 5) is 17.2. The molecule has 5 rings (SSSR count). The van der Waals surface area contributed by atoms with E-state index in [1.807, 2.05) is 48.5 Å². The molecular weight excluding hydrogens is 565 g/mol. The lowest BCUT2D eigenvalue weighted by atomic mass is 9.93. The number of nitrogens with one attached hydrogen (secondary N) is 1. The van der Waals surface area contributed by atoms with Gasteiger partial charge in [-0.1, -0.05) is 59.6 Å². The highest BCUT2D eigenvalue weighted by molar-refractivity contribution is 7.93. The van der Waals surface area contributed by atoms with Crippen LogP contribution in [0.1, 0.15) is 45.9 Å². The van der Waals surface area contributed by atoms with E-state index in [4.69, 9.17) is 23.2 Å². The number of amides is 1. The molecule has 0 unspecified atom stereocenters. The van der Waals surface area contributed by atoms with Crippen LogP contribution in [-0.2, 0) is 15.6 Å². The van der Waals surface area contributed by atoms with Gasteiger partial charge in [0.1, 0.15) is 0 Å². The van der Waals surface area contributed by atoms with E-state index in [0.29, 0.717) is 40.8 Å². The summed E-state index contributed by atoms with van der Waals surface area (Å²) in [7, 11) is -3.52. The molecule has 1 amide bonds. The Kier molecular flexibility index (Phi) is 9.28. The van der Waals surface area contributed by atoms with Crippen molar-refractivity contribution in [2.75, 3.05) is 39.3 Å². The highest BCUT2D eigenvalue weighted by Gasteiger charge is 2.31. The Hall–Kier alpha value is -2.68. The molecule has 3 aromatic rings. The summed E-state index contributed by atoms with van der Waals surface area (Å²) in [5.41, 5.74) is 4.07. The van der Waals surface area contributed by atoms with Gasteiger partial charge in [-0.2, -0.15) is 0 Å². The Labute approximate surface area is 246 Å². The van der Waals surface area contributed by atoms with Crippen molar-refractivity contribution in [3.63, 3.8) is 0 Å². The predicted octanol–water partition coefficient (Wildman–Crippen LogP) is 5.72. The van der Waals surface area contributed by atoms with Crippen LogP contribution in [0.3, 0.4) is 0 Å². The first kappa shape index (κ1) is 28.8. The summed E-state index contributed by atoms with van der Waals surface area (Å²) in [5, 5.41) is 5.68. The second kappa shape index (κ2) is 12.9. The molecule has 2 heterocycles. The summed E-state index contributed by atoms with van der Waals surface area (Å²) in [6.07, 6.45) is 2.42. The fraction of sp³-hybridized carbons (Fsp3) is 0.323. The molecule has 40 heavy (non-hydrogen) atoms. The zero-order chi connectivity index (χ0) is 28.1. The van der Waals surface area contributed by atoms with E-state index in [1.165, 1.54) is 18.2 Å². The van der Waals surface area contributed by atoms with Gasteiger partial charge in [0.2, 0.25) is 0 Å². The molecule has 0 atom stereocenters. The van der Waals surface area contributed by atoms with E-state index in [2.05, 4.69) is 15.1 Å². The van der Waals surface area contributed by atoms with E-state index in [9.17, 15) is 13.2 Å². The molecule has 0 aliphatic carbocycles. The van der Waals surface area contributed by atoms with Crippen LogP contribution in [0.5, 0.6) is 0 Å². The summed E-state index contributed by atoms with van der Waals surface area (Å²) in [6, 6.07) is 22.3. The number of nitrogens with zero attached hydrogens (tertiary/aromatic N) is 2. The van der Waals surface area contributed by atoms with Crippen LogP contribution in [0.15, 0.2) is 83.8 Å². The van der Waals surface area contributed by atoms with Crippen LogP contribution < -0.4 is 5.32 Å². The van der Waals surface area contributed by atoms with E-state index < -0.39 is 9.84 Å². The average Bonchev–Trinajstić information content (AvgIpc) is 3.43. The predicted molar refractivity (Wildman–Crippen MR) is 161 cm³/mol. The maximum atomic E-state index is 13.1. The third-order valence-electron chi connectivity index (χ3n) is 7.36. The molecule has 9 heteroatoms. The maximum Gasteiger partial charge on any atom is 0.251 e. The molecule has 2 aliphatic heterocycles. The first-order valence-corrected chi connectivity index (χ1v) is 16.0. The van der Waals surface area contributed by atoms with Crippen LogP contribution >= 0.6 is 23.2 Å². The summed E-state index contributed by atoms with van der Waals surface area (Å²) < 4.78 is 26.1. The van der Waals surface area contributed by atoms with Gasteiger partial charge >= 0.3 is 0 Å². The lowest BCUT2D eigenvalue weighted by Gasteiger charge is -2.41. The first-order valence-electron chi connectivity index (χ1n) is 13.5. The van der Waals surface area contributed by atoms with Crippen LogP contribution in [0.25, 0.3) is 0 Å². The monoisotopic (exact) mass is 597 g/mol. The lowest BCUT2D eigenvalue weighted by Crippen LogP contribution is -2.43. The minimum absolute atomic E-state index is 0.0462. The number of halogens is 2. The normalized spacial score (nSPS) is 16.2. The number of carbonyl (C=O) groups is 1. The molecule has 0 aromatic heterocycles. The van der Waals surface area contributed by atoms with Crippen LogP contribution in [0.2, 0.25) is 10.0 Å². The summed E-state index contributed by atoms with van der Waals surface area (Å²) in [5.74, 6) is -0.328. The smallest absolute Gasteiger partial charge is 0.251 e. The molecule has 0 bridgehead atoms. The minimum Gasteiger partial charge on any atom is -0.351 e. The molecule has 6 nitrogen and oxygen atoms in total. The number of rotatable bonds is 10. The molecular formula is C31H33Cl2N3O3S. The first-order chi connectivity index (χ1) is 19.3. The van der Waals surface area contributed by atoms with Gasteiger partial charge in [-0.25, -0.2) is 8.42 Å². The summed E-state index contributed by atoms with van der Waals surface area (Å²) >= 11 is 12.2. The van der Waals surface area contributed by atoms with Gasteiger partial charge in [-0.15, -0.1) is 0 Å². The van der Waals surface area contributed by atoms with Gasteiger partial charge in [0, 0.05) is 47.2 Å². The van der Waals surface area contributed by atoms with Crippen molar-refractivity contribution in [1.82, 2.24) is 15.1 Å². The van der Waals surface area contributed by atoms with Crippen LogP contribution in [0, 0.1) is 0 Å². The van der Waals surface area contributed by atoms with Gasteiger partial charge < -0.3 is 10.2 Å². The largest absolute Gasteiger partial charge is 0.351 e. The molecule has 2 saturated heterocycles. The maximum absolute atomic E-state index is 13.1. The van der Waals surface area contributed by atoms with Gasteiger partial charge in [0.25, 0.3) is 5.91 Å². The van der Waals surface area contributed by atoms with Crippen molar-refractivity contribution in [2.45, 2.75) is 24.6 Å². The quantitative estimate of drug-likeness (QED) is 0.323. The minimum atomic E-state index is -3.52. The van der Waals surface area contributed by atoms with Gasteiger partial charge in [-0.3, -0.25) is 9.69 Å². The average molecular weight is 599 g/mol. The van der Waals surface area contributed by atoms with Crippen molar-refractivity contribution < 1.29 is 13.2 Å². The Morgan fingerprint density at radius 1 is 0.900 bits per heavy atom. The number of hydrogen-bond donors (Lipinski definition) is 1.